The van der Waals surface area contributed by atoms with Gasteiger partial charge in [0.1, 0.15) is 5.60 Å². The second-order valence-electron chi connectivity index (χ2n) is 7.06. The third-order valence-corrected chi connectivity index (χ3v) is 4.12. The van der Waals surface area contributed by atoms with Gasteiger partial charge in [-0.1, -0.05) is 71.1 Å². The molecule has 0 aliphatic carbocycles. The summed E-state index contributed by atoms with van der Waals surface area (Å²) in [5, 5.41) is 0. The largest absolute Gasteiger partial charge is 0.460 e. The molecule has 0 atom stereocenters. The van der Waals surface area contributed by atoms with Gasteiger partial charge in [-0.25, -0.2) is 0 Å². The van der Waals surface area contributed by atoms with Gasteiger partial charge in [-0.05, 0) is 33.2 Å². The van der Waals surface area contributed by atoms with Crippen LogP contribution in [-0.4, -0.2) is 18.1 Å². The Morgan fingerprint density at radius 3 is 1.77 bits per heavy atom. The molecule has 0 fully saturated rings. The lowest BCUT2D eigenvalue weighted by Crippen LogP contribution is -2.30. The molecule has 0 saturated heterocycles. The van der Waals surface area contributed by atoms with E-state index in [9.17, 15) is 4.79 Å². The van der Waals surface area contributed by atoms with Gasteiger partial charge in [-0.3, -0.25) is 4.79 Å². The molecule has 0 aliphatic heterocycles. The highest BCUT2D eigenvalue weighted by molar-refractivity contribution is 5.69. The number of hydrogen-bond donors (Lipinski definition) is 1. The van der Waals surface area contributed by atoms with E-state index in [1.807, 2.05) is 13.8 Å². The van der Waals surface area contributed by atoms with E-state index >= 15 is 0 Å². The highest BCUT2D eigenvalue weighted by Gasteiger charge is 2.21. The molecule has 3 heteroatoms. The maximum atomic E-state index is 11.7. The van der Waals surface area contributed by atoms with Crippen molar-refractivity contribution in [1.29, 1.82) is 0 Å². The van der Waals surface area contributed by atoms with Crippen LogP contribution in [0, 0.1) is 0 Å². The molecule has 0 saturated carbocycles. The standard InChI is InChI=1S/C19H39NO2/c1-4-5-6-7-8-9-10-11-12-13-14-15-18(21)22-19(2,3)16-17-20/h4-17,20H2,1-3H3. The predicted molar refractivity (Wildman–Crippen MR) is 94.9 cm³/mol. The zero-order chi connectivity index (χ0) is 16.7. The smallest absolute Gasteiger partial charge is 0.306 e. The molecular weight excluding hydrogens is 274 g/mol. The van der Waals surface area contributed by atoms with Gasteiger partial charge >= 0.3 is 5.97 Å². The van der Waals surface area contributed by atoms with Crippen molar-refractivity contribution in [2.45, 2.75) is 110 Å². The van der Waals surface area contributed by atoms with Gasteiger partial charge in [0, 0.05) is 6.42 Å². The summed E-state index contributed by atoms with van der Waals surface area (Å²) in [7, 11) is 0. The summed E-state index contributed by atoms with van der Waals surface area (Å²) in [5.41, 5.74) is 5.10. The SMILES string of the molecule is CCCCCCCCCCCCCC(=O)OC(C)(C)CCN. The molecule has 0 heterocycles. The molecule has 0 aromatic carbocycles. The van der Waals surface area contributed by atoms with Crippen LogP contribution in [0.15, 0.2) is 0 Å². The second kappa shape index (κ2) is 14.0. The first-order chi connectivity index (χ1) is 10.5. The topological polar surface area (TPSA) is 52.3 Å². The van der Waals surface area contributed by atoms with E-state index in [1.165, 1.54) is 57.8 Å². The Morgan fingerprint density at radius 2 is 1.32 bits per heavy atom. The van der Waals surface area contributed by atoms with Crippen molar-refractivity contribution < 1.29 is 9.53 Å². The minimum Gasteiger partial charge on any atom is -0.460 e. The Morgan fingerprint density at radius 1 is 0.864 bits per heavy atom. The van der Waals surface area contributed by atoms with E-state index < -0.39 is 5.60 Å². The first-order valence-corrected chi connectivity index (χ1v) is 9.43. The quantitative estimate of drug-likeness (QED) is 0.327. The summed E-state index contributed by atoms with van der Waals surface area (Å²) >= 11 is 0. The van der Waals surface area contributed by atoms with Crippen LogP contribution < -0.4 is 5.73 Å². The zero-order valence-corrected chi connectivity index (χ0v) is 15.3. The number of carbonyl (C=O) groups is 1. The Balaban J connectivity index is 3.34. The fourth-order valence-corrected chi connectivity index (χ4v) is 2.69. The number of hydrogen-bond acceptors (Lipinski definition) is 3. The number of carbonyl (C=O) groups excluding carboxylic acids is 1. The molecule has 0 aromatic heterocycles. The average Bonchev–Trinajstić information content (AvgIpc) is 2.44. The Hall–Kier alpha value is -0.570. The maximum absolute atomic E-state index is 11.7. The minimum absolute atomic E-state index is 0.0747. The van der Waals surface area contributed by atoms with E-state index in [0.29, 0.717) is 13.0 Å². The van der Waals surface area contributed by atoms with Crippen LogP contribution in [0.3, 0.4) is 0 Å². The average molecular weight is 314 g/mol. The van der Waals surface area contributed by atoms with Crippen LogP contribution in [0.4, 0.5) is 0 Å². The van der Waals surface area contributed by atoms with Gasteiger partial charge in [-0.2, -0.15) is 0 Å². The lowest BCUT2D eigenvalue weighted by atomic mass is 10.0. The number of unbranched alkanes of at least 4 members (excludes halogenated alkanes) is 10. The van der Waals surface area contributed by atoms with E-state index in [-0.39, 0.29) is 5.97 Å². The van der Waals surface area contributed by atoms with E-state index in [1.54, 1.807) is 0 Å². The van der Waals surface area contributed by atoms with Crippen LogP contribution in [0.5, 0.6) is 0 Å². The molecule has 0 radical (unpaired) electrons. The Bertz CT molecular complexity index is 264. The van der Waals surface area contributed by atoms with Crippen molar-refractivity contribution in [2.24, 2.45) is 5.73 Å². The molecule has 0 rings (SSSR count). The fourth-order valence-electron chi connectivity index (χ4n) is 2.69. The molecule has 0 unspecified atom stereocenters. The molecule has 0 aromatic rings. The Labute approximate surface area is 138 Å². The van der Waals surface area contributed by atoms with Crippen LogP contribution in [-0.2, 0) is 9.53 Å². The molecule has 22 heavy (non-hydrogen) atoms. The van der Waals surface area contributed by atoms with Gasteiger partial charge in [0.25, 0.3) is 0 Å². The van der Waals surface area contributed by atoms with Crippen molar-refractivity contribution in [3.63, 3.8) is 0 Å². The van der Waals surface area contributed by atoms with E-state index in [0.717, 1.165) is 19.3 Å². The monoisotopic (exact) mass is 313 g/mol. The van der Waals surface area contributed by atoms with E-state index in [2.05, 4.69) is 6.92 Å². The molecule has 2 N–H and O–H groups in total. The van der Waals surface area contributed by atoms with Gasteiger partial charge in [-0.15, -0.1) is 0 Å². The van der Waals surface area contributed by atoms with Crippen LogP contribution in [0.1, 0.15) is 104 Å². The summed E-state index contributed by atoms with van der Waals surface area (Å²) < 4.78 is 5.45. The number of rotatable bonds is 15. The fraction of sp³-hybridized carbons (Fsp3) is 0.947. The predicted octanol–water partition coefficient (Wildman–Crippen LogP) is 5.36. The summed E-state index contributed by atoms with van der Waals surface area (Å²) in [4.78, 5) is 11.7. The second-order valence-corrected chi connectivity index (χ2v) is 7.06. The molecule has 132 valence electrons. The summed E-state index contributed by atoms with van der Waals surface area (Å²) in [5.74, 6) is -0.0747. The van der Waals surface area contributed by atoms with Crippen LogP contribution in [0.25, 0.3) is 0 Å². The van der Waals surface area contributed by atoms with Crippen molar-refractivity contribution in [3.05, 3.63) is 0 Å². The minimum atomic E-state index is -0.413. The van der Waals surface area contributed by atoms with Gasteiger partial charge < -0.3 is 10.5 Å². The first kappa shape index (κ1) is 21.4. The molecule has 0 aliphatic rings. The number of ether oxygens (including phenoxy) is 1. The van der Waals surface area contributed by atoms with Gasteiger partial charge in [0.2, 0.25) is 0 Å². The molecule has 0 spiro atoms. The molecule has 3 nitrogen and oxygen atoms in total. The van der Waals surface area contributed by atoms with Gasteiger partial charge in [0.05, 0.1) is 0 Å². The van der Waals surface area contributed by atoms with Crippen molar-refractivity contribution in [2.75, 3.05) is 6.54 Å². The summed E-state index contributed by atoms with van der Waals surface area (Å²) in [6.45, 7) is 6.67. The summed E-state index contributed by atoms with van der Waals surface area (Å²) in [6, 6.07) is 0. The molecule has 0 bridgehead atoms. The summed E-state index contributed by atoms with van der Waals surface area (Å²) in [6.07, 6.45) is 15.5. The third kappa shape index (κ3) is 14.4. The van der Waals surface area contributed by atoms with E-state index in [4.69, 9.17) is 10.5 Å². The zero-order valence-electron chi connectivity index (χ0n) is 15.3. The Kier molecular flexibility index (Phi) is 13.7. The maximum Gasteiger partial charge on any atom is 0.306 e. The van der Waals surface area contributed by atoms with Gasteiger partial charge in [0.15, 0.2) is 0 Å². The highest BCUT2D eigenvalue weighted by atomic mass is 16.6. The number of nitrogens with two attached hydrogens (primary N) is 1. The lowest BCUT2D eigenvalue weighted by molar-refractivity contribution is -0.156. The first-order valence-electron chi connectivity index (χ1n) is 9.43. The molecule has 0 amide bonds. The third-order valence-electron chi connectivity index (χ3n) is 4.12. The molecular formula is C19H39NO2. The number of esters is 1. The highest BCUT2D eigenvalue weighted by Crippen LogP contribution is 2.16. The van der Waals surface area contributed by atoms with Crippen molar-refractivity contribution in [1.82, 2.24) is 0 Å². The normalized spacial score (nSPS) is 11.6. The van der Waals surface area contributed by atoms with Crippen LogP contribution in [0.2, 0.25) is 0 Å². The van der Waals surface area contributed by atoms with Crippen LogP contribution >= 0.6 is 0 Å². The van der Waals surface area contributed by atoms with Crippen molar-refractivity contribution in [3.8, 4) is 0 Å². The lowest BCUT2D eigenvalue weighted by Gasteiger charge is -2.24. The van der Waals surface area contributed by atoms with Crippen molar-refractivity contribution >= 4 is 5.97 Å².